The van der Waals surface area contributed by atoms with Crippen molar-refractivity contribution in [3.05, 3.63) is 64.7 Å². The molecule has 0 saturated carbocycles. The molecular formula is C21H24N+. The Hall–Kier alpha value is -2.15. The van der Waals surface area contributed by atoms with E-state index in [1.807, 2.05) is 0 Å². The summed E-state index contributed by atoms with van der Waals surface area (Å²) in [5, 5.41) is 1.36. The monoisotopic (exact) mass is 290 g/mol. The molecule has 1 aromatic heterocycles. The van der Waals surface area contributed by atoms with Gasteiger partial charge < -0.3 is 0 Å². The minimum atomic E-state index is 1.07. The smallest absolute Gasteiger partial charge is 0.194 e. The molecule has 0 fully saturated rings. The molecule has 112 valence electrons. The number of nitrogens with zero attached hydrogens (tertiary/aromatic N) is 1. The molecule has 0 bridgehead atoms. The van der Waals surface area contributed by atoms with E-state index in [1.165, 1.54) is 44.4 Å². The van der Waals surface area contributed by atoms with E-state index in [2.05, 4.69) is 81.8 Å². The third-order valence-electron chi connectivity index (χ3n) is 4.77. The summed E-state index contributed by atoms with van der Waals surface area (Å²) in [5.41, 5.74) is 9.38. The second-order valence-electron chi connectivity index (χ2n) is 6.24. The molecule has 0 radical (unpaired) electrons. The average molecular weight is 290 g/mol. The fourth-order valence-corrected chi connectivity index (χ4v) is 3.37. The van der Waals surface area contributed by atoms with Crippen molar-refractivity contribution in [3.8, 4) is 11.3 Å². The van der Waals surface area contributed by atoms with Gasteiger partial charge in [-0.1, -0.05) is 30.7 Å². The van der Waals surface area contributed by atoms with Crippen molar-refractivity contribution in [2.75, 3.05) is 0 Å². The molecule has 0 amide bonds. The van der Waals surface area contributed by atoms with Crippen LogP contribution in [0.3, 0.4) is 0 Å². The van der Waals surface area contributed by atoms with Gasteiger partial charge in [0.05, 0.1) is 0 Å². The number of hydrogen-bond donors (Lipinski definition) is 0. The van der Waals surface area contributed by atoms with E-state index in [0.717, 1.165) is 6.42 Å². The minimum Gasteiger partial charge on any atom is -0.194 e. The molecule has 0 N–H and O–H groups in total. The molecule has 0 spiro atoms. The second-order valence-corrected chi connectivity index (χ2v) is 6.24. The van der Waals surface area contributed by atoms with Crippen LogP contribution in [0.5, 0.6) is 0 Å². The molecule has 0 saturated heterocycles. The molecule has 1 nitrogen and oxygen atoms in total. The largest absolute Gasteiger partial charge is 0.213 e. The van der Waals surface area contributed by atoms with Crippen molar-refractivity contribution in [1.82, 2.24) is 0 Å². The number of benzene rings is 2. The molecule has 1 heterocycles. The van der Waals surface area contributed by atoms with Crippen LogP contribution in [0.1, 0.15) is 29.2 Å². The highest BCUT2D eigenvalue weighted by atomic mass is 14.9. The molecule has 0 atom stereocenters. The van der Waals surface area contributed by atoms with Crippen molar-refractivity contribution in [1.29, 1.82) is 0 Å². The maximum Gasteiger partial charge on any atom is 0.213 e. The highest BCUT2D eigenvalue weighted by Gasteiger charge is 2.17. The first-order valence-electron chi connectivity index (χ1n) is 8.01. The number of hydrogen-bond acceptors (Lipinski definition) is 0. The van der Waals surface area contributed by atoms with Crippen molar-refractivity contribution < 1.29 is 4.57 Å². The van der Waals surface area contributed by atoms with Crippen molar-refractivity contribution in [3.63, 3.8) is 0 Å². The lowest BCUT2D eigenvalue weighted by Crippen LogP contribution is -2.32. The van der Waals surface area contributed by atoms with Crippen LogP contribution < -0.4 is 4.57 Å². The molecule has 3 rings (SSSR count). The zero-order valence-electron chi connectivity index (χ0n) is 14.2. The predicted molar refractivity (Wildman–Crippen MR) is 94.1 cm³/mol. The van der Waals surface area contributed by atoms with Crippen LogP contribution in [0.25, 0.3) is 22.2 Å². The lowest BCUT2D eigenvalue weighted by molar-refractivity contribution is -0.633. The lowest BCUT2D eigenvalue weighted by atomic mass is 9.96. The zero-order valence-corrected chi connectivity index (χ0v) is 14.2. The van der Waals surface area contributed by atoms with Gasteiger partial charge in [-0.15, -0.1) is 0 Å². The fraction of sp³-hybridized carbons (Fsp3) is 0.286. The summed E-state index contributed by atoms with van der Waals surface area (Å²) in [5.74, 6) is 0. The number of fused-ring (bicyclic) bond motifs is 1. The Morgan fingerprint density at radius 1 is 0.955 bits per heavy atom. The Labute approximate surface area is 133 Å². The van der Waals surface area contributed by atoms with Gasteiger partial charge in [0.2, 0.25) is 11.2 Å². The summed E-state index contributed by atoms with van der Waals surface area (Å²) in [7, 11) is 2.17. The molecule has 22 heavy (non-hydrogen) atoms. The molecule has 0 aliphatic carbocycles. The molecular weight excluding hydrogens is 266 g/mol. The van der Waals surface area contributed by atoms with Crippen molar-refractivity contribution in [2.24, 2.45) is 7.05 Å². The topological polar surface area (TPSA) is 3.88 Å². The predicted octanol–water partition coefficient (Wildman–Crippen LogP) is 4.82. The molecule has 0 aliphatic heterocycles. The van der Waals surface area contributed by atoms with Gasteiger partial charge in [-0.25, -0.2) is 0 Å². The zero-order chi connectivity index (χ0) is 15.9. The minimum absolute atomic E-state index is 1.07. The molecule has 0 unspecified atom stereocenters. The van der Waals surface area contributed by atoms with Crippen LogP contribution in [0, 0.1) is 20.8 Å². The molecule has 1 heteroatoms. The number of pyridine rings is 1. The van der Waals surface area contributed by atoms with E-state index in [9.17, 15) is 0 Å². The third kappa shape index (κ3) is 2.31. The Kier molecular flexibility index (Phi) is 3.74. The lowest BCUT2D eigenvalue weighted by Gasteiger charge is -2.11. The number of rotatable bonds is 2. The second kappa shape index (κ2) is 5.57. The van der Waals surface area contributed by atoms with Crippen LogP contribution in [0.4, 0.5) is 0 Å². The highest BCUT2D eigenvalue weighted by Crippen LogP contribution is 2.27. The van der Waals surface area contributed by atoms with Gasteiger partial charge in [0.25, 0.3) is 0 Å². The van der Waals surface area contributed by atoms with Crippen molar-refractivity contribution in [2.45, 2.75) is 34.1 Å². The van der Waals surface area contributed by atoms with E-state index in [1.54, 1.807) is 0 Å². The van der Waals surface area contributed by atoms with Gasteiger partial charge in [0.15, 0.2) is 0 Å². The number of aromatic nitrogens is 1. The first kappa shape index (κ1) is 14.8. The molecule has 3 aromatic rings. The summed E-state index contributed by atoms with van der Waals surface area (Å²) >= 11 is 0. The van der Waals surface area contributed by atoms with E-state index in [-0.39, 0.29) is 0 Å². The van der Waals surface area contributed by atoms with Gasteiger partial charge >= 0.3 is 0 Å². The third-order valence-corrected chi connectivity index (χ3v) is 4.77. The molecule has 0 aliphatic rings. The summed E-state index contributed by atoms with van der Waals surface area (Å²) < 4.78 is 2.33. The SMILES string of the molecule is CCc1cccc2c1ccc(-c1cc(C)cc(C)c1C)[n+]2C. The Balaban J connectivity index is 2.32. The van der Waals surface area contributed by atoms with Gasteiger partial charge in [0.1, 0.15) is 7.05 Å². The van der Waals surface area contributed by atoms with E-state index in [4.69, 9.17) is 0 Å². The van der Waals surface area contributed by atoms with Gasteiger partial charge in [-0.2, -0.15) is 4.57 Å². The van der Waals surface area contributed by atoms with E-state index < -0.39 is 0 Å². The quantitative estimate of drug-likeness (QED) is 0.596. The normalized spacial score (nSPS) is 11.1. The summed E-state index contributed by atoms with van der Waals surface area (Å²) in [6.07, 6.45) is 1.07. The Morgan fingerprint density at radius 3 is 2.45 bits per heavy atom. The van der Waals surface area contributed by atoms with Gasteiger partial charge in [-0.05, 0) is 56.0 Å². The van der Waals surface area contributed by atoms with Crippen LogP contribution in [-0.4, -0.2) is 0 Å². The van der Waals surface area contributed by atoms with Crippen molar-refractivity contribution >= 4 is 10.9 Å². The highest BCUT2D eigenvalue weighted by molar-refractivity contribution is 5.81. The van der Waals surface area contributed by atoms with E-state index >= 15 is 0 Å². The Bertz CT molecular complexity index is 859. The van der Waals surface area contributed by atoms with Crippen LogP contribution in [-0.2, 0) is 13.5 Å². The summed E-state index contributed by atoms with van der Waals surface area (Å²) in [6.45, 7) is 8.81. The number of aryl methyl sites for hydroxylation is 4. The van der Waals surface area contributed by atoms with Crippen LogP contribution in [0.15, 0.2) is 42.5 Å². The molecule has 2 aromatic carbocycles. The maximum atomic E-state index is 2.33. The van der Waals surface area contributed by atoms with Gasteiger partial charge in [-0.3, -0.25) is 0 Å². The van der Waals surface area contributed by atoms with Crippen LogP contribution >= 0.6 is 0 Å². The average Bonchev–Trinajstić information content (AvgIpc) is 2.51. The van der Waals surface area contributed by atoms with Crippen LogP contribution in [0.2, 0.25) is 0 Å². The maximum absolute atomic E-state index is 2.33. The Morgan fingerprint density at radius 2 is 1.73 bits per heavy atom. The van der Waals surface area contributed by atoms with Gasteiger partial charge in [0, 0.05) is 23.1 Å². The van der Waals surface area contributed by atoms with E-state index in [0.29, 0.717) is 0 Å². The summed E-state index contributed by atoms with van der Waals surface area (Å²) in [6, 6.07) is 15.7. The standard InChI is InChI=1S/C21H24N/c1-6-17-8-7-9-20-18(17)10-11-21(22(20)5)19-13-14(2)12-15(3)16(19)4/h7-13H,6H2,1-5H3/q+1. The first-order chi connectivity index (χ1) is 10.5. The fourth-order valence-electron chi connectivity index (χ4n) is 3.37. The summed E-state index contributed by atoms with van der Waals surface area (Å²) in [4.78, 5) is 0. The first-order valence-corrected chi connectivity index (χ1v) is 8.01.